The molecule has 0 amide bonds. The van der Waals surface area contributed by atoms with Crippen molar-refractivity contribution in [2.24, 2.45) is 0 Å². The van der Waals surface area contributed by atoms with Crippen molar-refractivity contribution in [3.8, 4) is 0 Å². The van der Waals surface area contributed by atoms with Gasteiger partial charge in [0.2, 0.25) is 5.78 Å². The van der Waals surface area contributed by atoms with Crippen LogP contribution in [0.1, 0.15) is 16.7 Å². The smallest absolute Gasteiger partial charge is 0.396 e. The van der Waals surface area contributed by atoms with Gasteiger partial charge in [0.05, 0.1) is 5.69 Å². The minimum absolute atomic E-state index is 0. The van der Waals surface area contributed by atoms with E-state index in [9.17, 15) is 62.7 Å². The maximum atomic E-state index is 13.1. The molecule has 2 N–H and O–H groups in total. The molecule has 0 fully saturated rings. The minimum Gasteiger partial charge on any atom is -0.396 e. The summed E-state index contributed by atoms with van der Waals surface area (Å²) in [6.45, 7) is 3.43. The zero-order valence-corrected chi connectivity index (χ0v) is 23.6. The Hall–Kier alpha value is -2.41. The molecule has 0 saturated heterocycles. The quantitative estimate of drug-likeness (QED) is 0.0902. The van der Waals surface area contributed by atoms with Gasteiger partial charge in [0.25, 0.3) is 0 Å². The van der Waals surface area contributed by atoms with E-state index < -0.39 is 48.5 Å². The predicted octanol–water partition coefficient (Wildman–Crippen LogP) is 6.92. The molecular formula is C22H18F11INO4V-. The van der Waals surface area contributed by atoms with Gasteiger partial charge < -0.3 is 33.1 Å². The third kappa shape index (κ3) is 17.3. The van der Waals surface area contributed by atoms with Crippen molar-refractivity contribution in [2.45, 2.75) is 38.8 Å². The Morgan fingerprint density at radius 1 is 0.750 bits per heavy atom. The number of hydrogen-bond donors (Lipinski definition) is 1. The van der Waals surface area contributed by atoms with Gasteiger partial charge >= 0.3 is 30.5 Å². The van der Waals surface area contributed by atoms with E-state index in [1.54, 1.807) is 19.1 Å². The number of rotatable bonds is 2. The average molecular weight is 747 g/mol. The minimum atomic E-state index is -5.62. The van der Waals surface area contributed by atoms with Crippen molar-refractivity contribution in [3.05, 3.63) is 69.7 Å². The first-order chi connectivity index (χ1) is 17.6. The molecule has 18 heteroatoms. The van der Waals surface area contributed by atoms with Crippen molar-refractivity contribution in [2.75, 3.05) is 5.73 Å². The van der Waals surface area contributed by atoms with Crippen LogP contribution in [-0.4, -0.2) is 36.3 Å². The van der Waals surface area contributed by atoms with Crippen LogP contribution in [0.4, 0.5) is 54.0 Å². The normalized spacial score (nSPS) is 10.7. The first kappa shape index (κ1) is 42.1. The number of benzene rings is 2. The number of nitrogens with two attached hydrogens (primary N) is 1. The molecular weight excluding hydrogens is 729 g/mol. The zero-order valence-electron chi connectivity index (χ0n) is 20.1. The number of ether oxygens (including phenoxy) is 1. The van der Waals surface area contributed by atoms with Gasteiger partial charge in [0.15, 0.2) is 0 Å². The Balaban J connectivity index is -0.000000504. The standard InChI is InChI=1S/C10H8F4O.C7H8FN.C4F6O3.CH2I.V/c1-6-2-3-7(8(11)4-6)5-9(15)10(12,13)14;1-5-2-3-7(9)6(8)4-5;5-3(6,7)1(11)13-2(12)4(8,9)10;1-2;/h2-4H,5H2,1H3;2-4H,9H2,1H3;;1H2;/q;;;-1;. The second-order valence-corrected chi connectivity index (χ2v) is 6.89. The van der Waals surface area contributed by atoms with Gasteiger partial charge in [-0.3, -0.25) is 9.73 Å². The van der Waals surface area contributed by atoms with Gasteiger partial charge in [-0.2, -0.15) is 39.5 Å². The molecule has 2 aromatic rings. The number of carbonyl (C=O) groups excluding carboxylic acids is 3. The van der Waals surface area contributed by atoms with Crippen LogP contribution in [0.3, 0.4) is 0 Å². The molecule has 0 heterocycles. The zero-order chi connectivity index (χ0) is 31.4. The van der Waals surface area contributed by atoms with Crippen LogP contribution in [-0.2, 0) is 44.1 Å². The Morgan fingerprint density at radius 3 is 1.43 bits per heavy atom. The Morgan fingerprint density at radius 2 is 1.12 bits per heavy atom. The molecule has 0 aliphatic carbocycles. The number of anilines is 1. The molecule has 0 spiro atoms. The summed E-state index contributed by atoms with van der Waals surface area (Å²) in [4.78, 5) is 33.1. The summed E-state index contributed by atoms with van der Waals surface area (Å²) < 4.78 is 131. The van der Waals surface area contributed by atoms with Crippen LogP contribution < -0.4 is 5.73 Å². The van der Waals surface area contributed by atoms with Crippen LogP contribution in [0.25, 0.3) is 0 Å². The fraction of sp³-hybridized carbons (Fsp3) is 0.273. The van der Waals surface area contributed by atoms with Gasteiger partial charge in [0.1, 0.15) is 11.6 Å². The van der Waals surface area contributed by atoms with Crippen LogP contribution in [0.2, 0.25) is 0 Å². The number of halogens is 12. The molecule has 225 valence electrons. The first-order valence-electron chi connectivity index (χ1n) is 9.59. The summed E-state index contributed by atoms with van der Waals surface area (Å²) >= 11 is 1.90. The monoisotopic (exact) mass is 747 g/mol. The Labute approximate surface area is 245 Å². The maximum absolute atomic E-state index is 13.1. The summed E-state index contributed by atoms with van der Waals surface area (Å²) in [5.74, 6) is -9.46. The van der Waals surface area contributed by atoms with Crippen molar-refractivity contribution < 1.29 is 86.0 Å². The van der Waals surface area contributed by atoms with E-state index in [1.807, 2.05) is 29.5 Å². The topological polar surface area (TPSA) is 86.5 Å². The van der Waals surface area contributed by atoms with Crippen molar-refractivity contribution in [1.29, 1.82) is 0 Å². The molecule has 0 aliphatic heterocycles. The molecule has 0 aliphatic rings. The van der Waals surface area contributed by atoms with E-state index in [-0.39, 0.29) is 35.6 Å². The molecule has 2 aromatic carbocycles. The van der Waals surface area contributed by atoms with E-state index >= 15 is 0 Å². The van der Waals surface area contributed by atoms with E-state index in [0.717, 1.165) is 11.6 Å². The second-order valence-electron chi connectivity index (χ2n) is 6.89. The number of nitrogen functional groups attached to an aromatic ring is 1. The number of alkyl halides is 9. The van der Waals surface area contributed by atoms with Gasteiger partial charge in [0, 0.05) is 25.0 Å². The SMILES string of the molecule is Cc1ccc(CC(=O)C(F)(F)F)c(F)c1.Cc1ccc(N)c(F)c1.O=C(OC(=O)C(F)(F)F)C(F)(F)F.[CH2-]I.[V]. The fourth-order valence-electron chi connectivity index (χ4n) is 1.90. The molecule has 0 saturated carbocycles. The van der Waals surface area contributed by atoms with E-state index in [4.69, 9.17) is 5.73 Å². The number of esters is 2. The van der Waals surface area contributed by atoms with E-state index in [1.165, 1.54) is 18.2 Å². The fourth-order valence-corrected chi connectivity index (χ4v) is 1.90. The van der Waals surface area contributed by atoms with Gasteiger partial charge in [-0.15, -0.1) is 0 Å². The summed E-state index contributed by atoms with van der Waals surface area (Å²) in [5, 5.41) is 0. The molecule has 2 rings (SSSR count). The van der Waals surface area contributed by atoms with Crippen LogP contribution in [0.5, 0.6) is 0 Å². The molecule has 5 nitrogen and oxygen atoms in total. The number of aryl methyl sites for hydroxylation is 2. The van der Waals surface area contributed by atoms with E-state index in [2.05, 4.69) is 9.67 Å². The summed E-state index contributed by atoms with van der Waals surface area (Å²) in [6, 6.07) is 8.49. The number of Topliss-reactive ketones (excluding diaryl/α,β-unsaturated/α-hetero) is 1. The van der Waals surface area contributed by atoms with Gasteiger partial charge in [-0.25, -0.2) is 18.4 Å². The molecule has 0 aromatic heterocycles. The van der Waals surface area contributed by atoms with Crippen LogP contribution in [0, 0.1) is 30.4 Å². The first-order valence-corrected chi connectivity index (χ1v) is 11.1. The predicted molar refractivity (Wildman–Crippen MR) is 124 cm³/mol. The molecule has 0 bridgehead atoms. The summed E-state index contributed by atoms with van der Waals surface area (Å²) in [6.07, 6.45) is -17.1. The van der Waals surface area contributed by atoms with E-state index in [0.29, 0.717) is 5.56 Å². The van der Waals surface area contributed by atoms with Crippen molar-refractivity contribution in [1.82, 2.24) is 0 Å². The number of hydrogen-bond acceptors (Lipinski definition) is 5. The van der Waals surface area contributed by atoms with Gasteiger partial charge in [-0.1, -0.05) is 18.2 Å². The Kier molecular flexibility index (Phi) is 19.0. The largest absolute Gasteiger partial charge is 0.491 e. The molecule has 1 radical (unpaired) electrons. The van der Waals surface area contributed by atoms with Crippen LogP contribution >= 0.6 is 22.6 Å². The summed E-state index contributed by atoms with van der Waals surface area (Å²) in [7, 11) is 0. The van der Waals surface area contributed by atoms with Gasteiger partial charge in [-0.05, 0) is 48.7 Å². The molecule has 0 atom stereocenters. The number of ketones is 1. The number of carbonyl (C=O) groups is 3. The maximum Gasteiger partial charge on any atom is 0.491 e. The van der Waals surface area contributed by atoms with Crippen LogP contribution in [0.15, 0.2) is 36.4 Å². The third-order valence-corrected chi connectivity index (χ3v) is 3.68. The molecule has 40 heavy (non-hydrogen) atoms. The average Bonchev–Trinajstić information content (AvgIpc) is 2.78. The van der Waals surface area contributed by atoms with Crippen molar-refractivity contribution >= 4 is 46.0 Å². The Bertz CT molecular complexity index is 1100. The summed E-state index contributed by atoms with van der Waals surface area (Å²) in [5.41, 5.74) is 6.67. The van der Waals surface area contributed by atoms with Crippen molar-refractivity contribution in [3.63, 3.8) is 0 Å². The third-order valence-electron chi connectivity index (χ3n) is 3.68. The second kappa shape index (κ2) is 18.1. The molecule has 0 unspecified atom stereocenters.